The number of rotatable bonds is 5. The Hall–Kier alpha value is -1.56. The van der Waals surface area contributed by atoms with Crippen LogP contribution in [0.15, 0.2) is 53.0 Å². The largest absolute Gasteiger partial charge is 0.480 e. The average molecular weight is 424 g/mol. The van der Waals surface area contributed by atoms with Gasteiger partial charge in [0.05, 0.1) is 5.02 Å². The van der Waals surface area contributed by atoms with Crippen molar-refractivity contribution in [3.63, 3.8) is 0 Å². The summed E-state index contributed by atoms with van der Waals surface area (Å²) in [4.78, 5) is 14.3. The molecule has 0 spiro atoms. The maximum absolute atomic E-state index is 12.0. The Morgan fingerprint density at radius 3 is 2.48 bits per heavy atom. The third-order valence-corrected chi connectivity index (χ3v) is 5.89. The van der Waals surface area contributed by atoms with Crippen LogP contribution in [0.3, 0.4) is 0 Å². The van der Waals surface area contributed by atoms with Gasteiger partial charge in [0.15, 0.2) is 0 Å². The van der Waals surface area contributed by atoms with Crippen LogP contribution in [0.2, 0.25) is 5.02 Å². The van der Waals surface area contributed by atoms with E-state index in [2.05, 4.69) is 38.3 Å². The van der Waals surface area contributed by atoms with Crippen LogP contribution in [-0.4, -0.2) is 34.6 Å². The predicted octanol–water partition coefficient (Wildman–Crippen LogP) is 4.63. The summed E-state index contributed by atoms with van der Waals surface area (Å²) in [5, 5.41) is 13.7. The number of anilines is 1. The molecule has 0 atom stereocenters. The van der Waals surface area contributed by atoms with Gasteiger partial charge in [-0.3, -0.25) is 4.90 Å². The predicted molar refractivity (Wildman–Crippen MR) is 104 cm³/mol. The third-order valence-electron chi connectivity index (χ3n) is 4.67. The minimum Gasteiger partial charge on any atom is -0.480 e. The molecule has 0 bridgehead atoms. The molecule has 132 valence electrons. The number of benzene rings is 2. The van der Waals surface area contributed by atoms with Crippen LogP contribution in [0.1, 0.15) is 18.4 Å². The molecule has 25 heavy (non-hydrogen) atoms. The Bertz CT molecular complexity index is 746. The number of carboxylic acid groups (broad SMARTS) is 1. The summed E-state index contributed by atoms with van der Waals surface area (Å²) in [6.07, 6.45) is 1.10. The van der Waals surface area contributed by atoms with E-state index in [4.69, 9.17) is 11.6 Å². The second-order valence-electron chi connectivity index (χ2n) is 6.40. The number of halogens is 2. The van der Waals surface area contributed by atoms with Crippen LogP contribution in [0, 0.1) is 0 Å². The molecule has 1 aliphatic heterocycles. The van der Waals surface area contributed by atoms with Crippen molar-refractivity contribution in [3.05, 3.63) is 63.6 Å². The maximum Gasteiger partial charge on any atom is 0.329 e. The van der Waals surface area contributed by atoms with Gasteiger partial charge in [0, 0.05) is 29.8 Å². The summed E-state index contributed by atoms with van der Waals surface area (Å²) >= 11 is 9.40. The van der Waals surface area contributed by atoms with Crippen LogP contribution >= 0.6 is 27.5 Å². The summed E-state index contributed by atoms with van der Waals surface area (Å²) in [6, 6.07) is 15.7. The number of carboxylic acids is 1. The van der Waals surface area contributed by atoms with Crippen LogP contribution in [0.25, 0.3) is 0 Å². The fourth-order valence-corrected chi connectivity index (χ4v) is 3.67. The quantitative estimate of drug-likeness (QED) is 0.736. The molecule has 0 unspecified atom stereocenters. The van der Waals surface area contributed by atoms with Crippen molar-refractivity contribution in [2.75, 3.05) is 18.4 Å². The number of carbonyl (C=O) groups is 1. The lowest BCUT2D eigenvalue weighted by molar-refractivity contribution is -0.144. The average Bonchev–Trinajstić information content (AvgIpc) is 2.61. The van der Waals surface area contributed by atoms with Crippen LogP contribution in [0.5, 0.6) is 0 Å². The van der Waals surface area contributed by atoms with Crippen molar-refractivity contribution >= 4 is 39.2 Å². The van der Waals surface area contributed by atoms with Gasteiger partial charge < -0.3 is 10.4 Å². The van der Waals surface area contributed by atoms with Crippen molar-refractivity contribution in [3.8, 4) is 0 Å². The monoisotopic (exact) mass is 422 g/mol. The number of likely N-dealkylation sites (tertiary alicyclic amines) is 1. The molecular weight excluding hydrogens is 404 g/mol. The maximum atomic E-state index is 12.0. The van der Waals surface area contributed by atoms with Crippen molar-refractivity contribution < 1.29 is 9.90 Å². The molecule has 1 fully saturated rings. The zero-order valence-corrected chi connectivity index (χ0v) is 16.1. The third kappa shape index (κ3) is 4.35. The first-order valence-electron chi connectivity index (χ1n) is 8.21. The van der Waals surface area contributed by atoms with Crippen molar-refractivity contribution in [1.29, 1.82) is 0 Å². The van der Waals surface area contributed by atoms with Crippen LogP contribution in [0.4, 0.5) is 5.69 Å². The Labute approximate surface area is 160 Å². The highest BCUT2D eigenvalue weighted by molar-refractivity contribution is 9.10. The SMILES string of the molecule is O=C(O)C1(Nc2ccc(Cl)c(Br)c2)CCN(Cc2ccccc2)CC1. The molecule has 2 N–H and O–H groups in total. The van der Waals surface area contributed by atoms with E-state index in [1.807, 2.05) is 30.3 Å². The first kappa shape index (κ1) is 18.2. The fourth-order valence-electron chi connectivity index (χ4n) is 3.18. The van der Waals surface area contributed by atoms with E-state index in [1.54, 1.807) is 6.07 Å². The molecule has 2 aromatic carbocycles. The van der Waals surface area contributed by atoms with Gasteiger partial charge in [-0.1, -0.05) is 41.9 Å². The Kier molecular flexibility index (Phi) is 5.67. The standard InChI is InChI=1S/C19H20BrClN2O2/c20-16-12-15(6-7-17(16)21)22-19(18(24)25)8-10-23(11-9-19)13-14-4-2-1-3-5-14/h1-7,12,22H,8-11,13H2,(H,24,25). The fraction of sp³-hybridized carbons (Fsp3) is 0.316. The Morgan fingerprint density at radius 2 is 1.88 bits per heavy atom. The van der Waals surface area contributed by atoms with Crippen molar-refractivity contribution in [2.45, 2.75) is 24.9 Å². The van der Waals surface area contributed by atoms with E-state index >= 15 is 0 Å². The minimum atomic E-state index is -0.944. The van der Waals surface area contributed by atoms with Gasteiger partial charge in [0.2, 0.25) is 0 Å². The highest BCUT2D eigenvalue weighted by Gasteiger charge is 2.41. The lowest BCUT2D eigenvalue weighted by Crippen LogP contribution is -2.54. The van der Waals surface area contributed by atoms with Gasteiger partial charge in [-0.2, -0.15) is 0 Å². The van der Waals surface area contributed by atoms with E-state index in [0.717, 1.165) is 29.8 Å². The first-order valence-corrected chi connectivity index (χ1v) is 9.38. The highest BCUT2D eigenvalue weighted by atomic mass is 79.9. The Balaban J connectivity index is 1.68. The molecule has 1 aliphatic rings. The van der Waals surface area contributed by atoms with E-state index in [0.29, 0.717) is 17.9 Å². The number of nitrogens with one attached hydrogen (secondary N) is 1. The second kappa shape index (κ2) is 7.77. The molecule has 0 aliphatic carbocycles. The van der Waals surface area contributed by atoms with Crippen molar-refractivity contribution in [1.82, 2.24) is 4.90 Å². The van der Waals surface area contributed by atoms with Gasteiger partial charge in [0.25, 0.3) is 0 Å². The molecule has 0 amide bonds. The number of aliphatic carboxylic acids is 1. The minimum absolute atomic E-state index is 0.551. The summed E-state index contributed by atoms with van der Waals surface area (Å²) in [5.74, 6) is -0.807. The number of hydrogen-bond donors (Lipinski definition) is 2. The smallest absolute Gasteiger partial charge is 0.329 e. The molecule has 3 rings (SSSR count). The molecule has 0 radical (unpaired) electrons. The second-order valence-corrected chi connectivity index (χ2v) is 7.66. The van der Waals surface area contributed by atoms with Gasteiger partial charge >= 0.3 is 5.97 Å². The topological polar surface area (TPSA) is 52.6 Å². The zero-order valence-electron chi connectivity index (χ0n) is 13.7. The lowest BCUT2D eigenvalue weighted by atomic mass is 9.87. The zero-order chi connectivity index (χ0) is 17.9. The van der Waals surface area contributed by atoms with Gasteiger partial charge in [-0.25, -0.2) is 4.79 Å². The van der Waals surface area contributed by atoms with E-state index in [1.165, 1.54) is 5.56 Å². The first-order chi connectivity index (χ1) is 12.0. The molecule has 6 heteroatoms. The molecule has 2 aromatic rings. The molecule has 0 saturated carbocycles. The Morgan fingerprint density at radius 1 is 1.20 bits per heavy atom. The molecule has 1 heterocycles. The van der Waals surface area contributed by atoms with Crippen LogP contribution in [-0.2, 0) is 11.3 Å². The van der Waals surface area contributed by atoms with E-state index in [-0.39, 0.29) is 0 Å². The van der Waals surface area contributed by atoms with Gasteiger partial charge in [-0.05, 0) is 52.5 Å². The van der Waals surface area contributed by atoms with E-state index < -0.39 is 11.5 Å². The van der Waals surface area contributed by atoms with Gasteiger partial charge in [-0.15, -0.1) is 0 Å². The highest BCUT2D eigenvalue weighted by Crippen LogP contribution is 2.31. The van der Waals surface area contributed by atoms with Gasteiger partial charge in [0.1, 0.15) is 5.54 Å². The van der Waals surface area contributed by atoms with Crippen molar-refractivity contribution in [2.24, 2.45) is 0 Å². The number of piperidine rings is 1. The molecule has 1 saturated heterocycles. The summed E-state index contributed by atoms with van der Waals surface area (Å²) in [6.45, 7) is 2.33. The molecular formula is C19H20BrClN2O2. The summed E-state index contributed by atoms with van der Waals surface area (Å²) in [7, 11) is 0. The lowest BCUT2D eigenvalue weighted by Gasteiger charge is -2.40. The molecule has 0 aromatic heterocycles. The number of nitrogens with zero attached hydrogens (tertiary/aromatic N) is 1. The summed E-state index contributed by atoms with van der Waals surface area (Å²) in [5.41, 5.74) is 1.07. The number of hydrogen-bond acceptors (Lipinski definition) is 3. The van der Waals surface area contributed by atoms with E-state index in [9.17, 15) is 9.90 Å². The van der Waals surface area contributed by atoms with Crippen LogP contribution < -0.4 is 5.32 Å². The summed E-state index contributed by atoms with van der Waals surface area (Å²) < 4.78 is 0.751. The normalized spacial score (nSPS) is 17.2. The molecule has 4 nitrogen and oxygen atoms in total.